The molecule has 1 saturated heterocycles. The molecule has 1 amide bonds. The average molecular weight is 392 g/mol. The van der Waals surface area contributed by atoms with Crippen LogP contribution in [0.3, 0.4) is 0 Å². The second-order valence-corrected chi connectivity index (χ2v) is 7.88. The fourth-order valence-corrected chi connectivity index (χ4v) is 3.18. The van der Waals surface area contributed by atoms with E-state index in [-0.39, 0.29) is 11.8 Å². The zero-order chi connectivity index (χ0) is 19.8. The summed E-state index contributed by atoms with van der Waals surface area (Å²) < 4.78 is 5.42. The number of piperazine rings is 1. The number of aromatic carboxylic acids is 1. The van der Waals surface area contributed by atoms with Gasteiger partial charge >= 0.3 is 12.1 Å². The van der Waals surface area contributed by atoms with E-state index < -0.39 is 11.6 Å². The highest BCUT2D eigenvalue weighted by Gasteiger charge is 2.27. The zero-order valence-electron chi connectivity index (χ0n) is 15.5. The number of aromatic nitrogens is 1. The van der Waals surface area contributed by atoms with Crippen LogP contribution >= 0.6 is 11.6 Å². The summed E-state index contributed by atoms with van der Waals surface area (Å²) in [5, 5.41) is 10.7. The lowest BCUT2D eigenvalue weighted by Crippen LogP contribution is -2.50. The second-order valence-electron chi connectivity index (χ2n) is 7.45. The molecule has 0 atom stereocenters. The molecule has 2 aromatic rings. The smallest absolute Gasteiger partial charge is 0.410 e. The molecule has 8 heteroatoms. The third-order valence-corrected chi connectivity index (χ3v) is 4.48. The van der Waals surface area contributed by atoms with E-state index in [2.05, 4.69) is 9.88 Å². The molecule has 1 aliphatic heterocycles. The third-order valence-electron chi connectivity index (χ3n) is 4.24. The molecule has 0 saturated carbocycles. The topological polar surface area (TPSA) is 83.0 Å². The van der Waals surface area contributed by atoms with E-state index in [0.29, 0.717) is 36.7 Å². The predicted molar refractivity (Wildman–Crippen MR) is 104 cm³/mol. The predicted octanol–water partition coefficient (Wildman–Crippen LogP) is 3.64. The summed E-state index contributed by atoms with van der Waals surface area (Å²) in [5.74, 6) is -1.09. The van der Waals surface area contributed by atoms with Gasteiger partial charge in [-0.05, 0) is 45.0 Å². The summed E-state index contributed by atoms with van der Waals surface area (Å²) >= 11 is 6.04. The molecule has 3 rings (SSSR count). The number of hydrogen-bond acceptors (Lipinski definition) is 5. The second kappa shape index (κ2) is 7.23. The molecule has 1 aromatic carbocycles. The fourth-order valence-electron chi connectivity index (χ4n) is 3.01. The number of carbonyl (C=O) groups is 2. The molecule has 1 fully saturated rings. The van der Waals surface area contributed by atoms with Crippen molar-refractivity contribution in [3.8, 4) is 0 Å². The molecule has 144 valence electrons. The van der Waals surface area contributed by atoms with Gasteiger partial charge in [-0.2, -0.15) is 0 Å². The van der Waals surface area contributed by atoms with Crippen molar-refractivity contribution in [1.29, 1.82) is 0 Å². The first-order chi connectivity index (χ1) is 12.6. The van der Waals surface area contributed by atoms with E-state index in [4.69, 9.17) is 16.3 Å². The van der Waals surface area contributed by atoms with Crippen LogP contribution in [0, 0.1) is 0 Å². The number of pyridine rings is 1. The number of nitrogens with zero attached hydrogens (tertiary/aromatic N) is 3. The number of amides is 1. The molecular formula is C19H22ClN3O4. The lowest BCUT2D eigenvalue weighted by molar-refractivity contribution is 0.0240. The zero-order valence-corrected chi connectivity index (χ0v) is 16.3. The van der Waals surface area contributed by atoms with Crippen LogP contribution in [-0.2, 0) is 4.74 Å². The molecular weight excluding hydrogens is 370 g/mol. The SMILES string of the molecule is CC(C)(C)OC(=O)N1CCN(c2cc(C(=O)O)nc3cc(Cl)ccc23)CC1. The number of carboxylic acids is 1. The maximum absolute atomic E-state index is 12.2. The Balaban J connectivity index is 1.84. The van der Waals surface area contributed by atoms with Gasteiger partial charge < -0.3 is 19.6 Å². The van der Waals surface area contributed by atoms with Gasteiger partial charge in [-0.25, -0.2) is 14.6 Å². The number of halogens is 1. The Hall–Kier alpha value is -2.54. The highest BCUT2D eigenvalue weighted by molar-refractivity contribution is 6.31. The number of rotatable bonds is 2. The molecule has 2 heterocycles. The molecule has 0 radical (unpaired) electrons. The van der Waals surface area contributed by atoms with Gasteiger partial charge in [-0.1, -0.05) is 11.6 Å². The first kappa shape index (κ1) is 19.2. The molecule has 27 heavy (non-hydrogen) atoms. The minimum absolute atomic E-state index is 0.0330. The van der Waals surface area contributed by atoms with Crippen molar-refractivity contribution >= 4 is 40.3 Å². The molecule has 0 bridgehead atoms. The van der Waals surface area contributed by atoms with Gasteiger partial charge in [0.1, 0.15) is 5.60 Å². The molecule has 0 unspecified atom stereocenters. The third kappa shape index (κ3) is 4.42. The number of anilines is 1. The maximum atomic E-state index is 12.2. The van der Waals surface area contributed by atoms with E-state index in [1.165, 1.54) is 0 Å². The van der Waals surface area contributed by atoms with Crippen LogP contribution in [0.15, 0.2) is 24.3 Å². The van der Waals surface area contributed by atoms with Crippen molar-refractivity contribution in [3.05, 3.63) is 35.0 Å². The first-order valence-electron chi connectivity index (χ1n) is 8.70. The summed E-state index contributed by atoms with van der Waals surface area (Å²) in [4.78, 5) is 31.6. The first-order valence-corrected chi connectivity index (χ1v) is 9.08. The molecule has 0 aliphatic carbocycles. The van der Waals surface area contributed by atoms with E-state index in [9.17, 15) is 14.7 Å². The fraction of sp³-hybridized carbons (Fsp3) is 0.421. The highest BCUT2D eigenvalue weighted by Crippen LogP contribution is 2.30. The summed E-state index contributed by atoms with van der Waals surface area (Å²) in [6.07, 6.45) is -0.334. The van der Waals surface area contributed by atoms with Crippen molar-refractivity contribution < 1.29 is 19.4 Å². The lowest BCUT2D eigenvalue weighted by Gasteiger charge is -2.37. The van der Waals surface area contributed by atoms with Crippen LogP contribution < -0.4 is 4.90 Å². The minimum Gasteiger partial charge on any atom is -0.477 e. The normalized spacial score (nSPS) is 15.1. The Morgan fingerprint density at radius 1 is 1.15 bits per heavy atom. The van der Waals surface area contributed by atoms with Crippen LogP contribution in [0.4, 0.5) is 10.5 Å². The molecule has 7 nitrogen and oxygen atoms in total. The number of carboxylic acid groups (broad SMARTS) is 1. The summed E-state index contributed by atoms with van der Waals surface area (Å²) in [6.45, 7) is 7.64. The molecule has 1 aliphatic rings. The number of fused-ring (bicyclic) bond motifs is 1. The highest BCUT2D eigenvalue weighted by atomic mass is 35.5. The van der Waals surface area contributed by atoms with Gasteiger partial charge in [-0.15, -0.1) is 0 Å². The quantitative estimate of drug-likeness (QED) is 0.841. The monoisotopic (exact) mass is 391 g/mol. The van der Waals surface area contributed by atoms with E-state index in [1.807, 2.05) is 26.8 Å². The number of benzene rings is 1. The largest absolute Gasteiger partial charge is 0.477 e. The maximum Gasteiger partial charge on any atom is 0.410 e. The van der Waals surface area contributed by atoms with Crippen LogP contribution in [0.1, 0.15) is 31.3 Å². The Labute approximate surface area is 162 Å². The number of ether oxygens (including phenoxy) is 1. The van der Waals surface area contributed by atoms with Crippen molar-refractivity contribution in [2.24, 2.45) is 0 Å². The van der Waals surface area contributed by atoms with Gasteiger partial charge in [0.15, 0.2) is 5.69 Å². The van der Waals surface area contributed by atoms with Gasteiger partial charge in [0, 0.05) is 42.3 Å². The summed E-state index contributed by atoms with van der Waals surface area (Å²) in [6, 6.07) is 6.82. The van der Waals surface area contributed by atoms with Gasteiger partial charge in [0.05, 0.1) is 5.52 Å². The Morgan fingerprint density at radius 3 is 2.41 bits per heavy atom. The summed E-state index contributed by atoms with van der Waals surface area (Å²) in [7, 11) is 0. The van der Waals surface area contributed by atoms with Gasteiger partial charge in [0.25, 0.3) is 0 Å². The Morgan fingerprint density at radius 2 is 1.81 bits per heavy atom. The Kier molecular flexibility index (Phi) is 5.15. The van der Waals surface area contributed by atoms with Crippen LogP contribution in [0.2, 0.25) is 5.02 Å². The Bertz CT molecular complexity index is 886. The lowest BCUT2D eigenvalue weighted by atomic mass is 10.1. The van der Waals surface area contributed by atoms with Crippen molar-refractivity contribution in [2.75, 3.05) is 31.1 Å². The van der Waals surface area contributed by atoms with E-state index >= 15 is 0 Å². The van der Waals surface area contributed by atoms with Gasteiger partial charge in [-0.3, -0.25) is 0 Å². The molecule has 1 N–H and O–H groups in total. The average Bonchev–Trinajstić information content (AvgIpc) is 2.59. The van der Waals surface area contributed by atoms with Crippen LogP contribution in [0.25, 0.3) is 10.9 Å². The van der Waals surface area contributed by atoms with Crippen molar-refractivity contribution in [3.63, 3.8) is 0 Å². The standard InChI is InChI=1S/C19H22ClN3O4/c1-19(2,3)27-18(26)23-8-6-22(7-9-23)16-11-15(17(24)25)21-14-10-12(20)4-5-13(14)16/h4-5,10-11H,6-9H2,1-3H3,(H,24,25). The van der Waals surface area contributed by atoms with Crippen LogP contribution in [0.5, 0.6) is 0 Å². The van der Waals surface area contributed by atoms with E-state index in [1.54, 1.807) is 23.1 Å². The number of carbonyl (C=O) groups excluding carboxylic acids is 1. The van der Waals surface area contributed by atoms with Crippen molar-refractivity contribution in [1.82, 2.24) is 9.88 Å². The van der Waals surface area contributed by atoms with E-state index in [0.717, 1.165) is 11.1 Å². The molecule has 1 aromatic heterocycles. The van der Waals surface area contributed by atoms with Crippen molar-refractivity contribution in [2.45, 2.75) is 26.4 Å². The summed E-state index contributed by atoms with van der Waals surface area (Å²) in [5.41, 5.74) is 0.741. The number of hydrogen-bond donors (Lipinski definition) is 1. The van der Waals surface area contributed by atoms with Gasteiger partial charge in [0.2, 0.25) is 0 Å². The van der Waals surface area contributed by atoms with Crippen LogP contribution in [-0.4, -0.2) is 58.8 Å². The minimum atomic E-state index is -1.09. The molecule has 0 spiro atoms.